The van der Waals surface area contributed by atoms with Crippen LogP contribution >= 0.6 is 0 Å². The topological polar surface area (TPSA) is 112 Å². The molecule has 142 valence electrons. The molecule has 9 heteroatoms. The largest absolute Gasteiger partial charge is 0.497 e. The average Bonchev–Trinajstić information content (AvgIpc) is 2.99. The molecule has 4 atom stereocenters. The van der Waals surface area contributed by atoms with Crippen molar-refractivity contribution in [2.24, 2.45) is 11.8 Å². The van der Waals surface area contributed by atoms with E-state index in [1.165, 1.54) is 7.11 Å². The summed E-state index contributed by atoms with van der Waals surface area (Å²) in [5.41, 5.74) is 0.490. The lowest BCUT2D eigenvalue weighted by molar-refractivity contribution is -0.181. The highest BCUT2D eigenvalue weighted by Crippen LogP contribution is 2.45. The van der Waals surface area contributed by atoms with Crippen molar-refractivity contribution in [1.82, 2.24) is 5.06 Å². The van der Waals surface area contributed by atoms with Gasteiger partial charge in [0.1, 0.15) is 17.7 Å². The van der Waals surface area contributed by atoms with Crippen LogP contribution in [0, 0.1) is 11.8 Å². The maximum atomic E-state index is 12.4. The van der Waals surface area contributed by atoms with Gasteiger partial charge in [0.05, 0.1) is 40.4 Å². The molecule has 0 radical (unpaired) electrons. The molecule has 1 aromatic carbocycles. The third-order valence-corrected chi connectivity index (χ3v) is 4.48. The first-order chi connectivity index (χ1) is 12.4. The number of hydroxylamine groups is 2. The molecule has 0 unspecified atom stereocenters. The number of carbonyl (C=O) groups is 3. The van der Waals surface area contributed by atoms with Crippen LogP contribution in [0.2, 0.25) is 0 Å². The van der Waals surface area contributed by atoms with Gasteiger partial charge >= 0.3 is 17.9 Å². The monoisotopic (exact) mass is 367 g/mol. The van der Waals surface area contributed by atoms with E-state index in [9.17, 15) is 19.6 Å². The first-order valence-electron chi connectivity index (χ1n) is 7.75. The van der Waals surface area contributed by atoms with E-state index in [0.29, 0.717) is 16.4 Å². The van der Waals surface area contributed by atoms with E-state index in [1.807, 2.05) is 0 Å². The summed E-state index contributed by atoms with van der Waals surface area (Å²) < 4.78 is 19.3. The summed E-state index contributed by atoms with van der Waals surface area (Å²) in [6, 6.07) is 4.09. The summed E-state index contributed by atoms with van der Waals surface area (Å²) in [7, 11) is 4.92. The van der Waals surface area contributed by atoms with Gasteiger partial charge in [0.2, 0.25) is 0 Å². The molecular weight excluding hydrogens is 346 g/mol. The van der Waals surface area contributed by atoms with Crippen LogP contribution in [0.3, 0.4) is 0 Å². The number of hydrogen-bond donors (Lipinski definition) is 1. The maximum Gasteiger partial charge on any atom is 0.326 e. The van der Waals surface area contributed by atoms with Gasteiger partial charge in [-0.15, -0.1) is 0 Å². The molecule has 0 aromatic heterocycles. The first-order valence-corrected chi connectivity index (χ1v) is 7.75. The molecule has 0 bridgehead atoms. The summed E-state index contributed by atoms with van der Waals surface area (Å²) in [6.45, 7) is 0. The minimum atomic E-state index is -1.41. The Morgan fingerprint density at radius 2 is 1.35 bits per heavy atom. The predicted molar refractivity (Wildman–Crippen MR) is 86.2 cm³/mol. The van der Waals surface area contributed by atoms with Crippen molar-refractivity contribution in [2.45, 2.75) is 12.1 Å². The van der Waals surface area contributed by atoms with Crippen LogP contribution in [0.1, 0.15) is 11.6 Å². The third-order valence-electron chi connectivity index (χ3n) is 4.48. The van der Waals surface area contributed by atoms with E-state index < -0.39 is 41.8 Å². The summed E-state index contributed by atoms with van der Waals surface area (Å²) in [5, 5.41) is 11.3. The van der Waals surface area contributed by atoms with Crippen molar-refractivity contribution in [1.29, 1.82) is 0 Å². The quantitative estimate of drug-likeness (QED) is 0.589. The third kappa shape index (κ3) is 3.35. The highest BCUT2D eigenvalue weighted by molar-refractivity contribution is 5.90. The van der Waals surface area contributed by atoms with Crippen LogP contribution in [-0.2, 0) is 28.6 Å². The van der Waals surface area contributed by atoms with Crippen molar-refractivity contribution in [3.05, 3.63) is 29.8 Å². The second-order valence-corrected chi connectivity index (χ2v) is 5.66. The lowest BCUT2D eigenvalue weighted by atomic mass is 9.84. The number of methoxy groups -OCH3 is 4. The van der Waals surface area contributed by atoms with E-state index in [1.54, 1.807) is 24.3 Å². The molecule has 1 aliphatic rings. The zero-order valence-corrected chi connectivity index (χ0v) is 14.9. The standard InChI is InChI=1S/C17H21NO8/c1-23-10-7-5-9(6-8-10)13-11(15(19)24-2)12(16(20)25-3)14(18(13)22)17(21)26-4/h5-8,11-14,22H,1-4H3/t11-,12-,13+,14-/m1/s1. The van der Waals surface area contributed by atoms with Crippen molar-refractivity contribution in [3.8, 4) is 5.75 Å². The van der Waals surface area contributed by atoms with Gasteiger partial charge in [-0.3, -0.25) is 14.4 Å². The molecule has 0 saturated carbocycles. The van der Waals surface area contributed by atoms with Gasteiger partial charge in [-0.2, -0.15) is 5.06 Å². The minimum absolute atomic E-state index is 0.490. The van der Waals surface area contributed by atoms with E-state index in [0.717, 1.165) is 21.3 Å². The Kier molecular flexibility index (Phi) is 6.17. The Bertz CT molecular complexity index is 674. The number of benzene rings is 1. The molecular formula is C17H21NO8. The van der Waals surface area contributed by atoms with Crippen molar-refractivity contribution in [2.75, 3.05) is 28.4 Å². The second kappa shape index (κ2) is 8.15. The molecule has 1 heterocycles. The molecule has 1 N–H and O–H groups in total. The number of nitrogens with zero attached hydrogens (tertiary/aromatic N) is 1. The van der Waals surface area contributed by atoms with Crippen LogP contribution in [0.25, 0.3) is 0 Å². The van der Waals surface area contributed by atoms with Gasteiger partial charge in [-0.1, -0.05) is 12.1 Å². The second-order valence-electron chi connectivity index (χ2n) is 5.66. The fourth-order valence-corrected chi connectivity index (χ4v) is 3.25. The Hall–Kier alpha value is -2.65. The fraction of sp³-hybridized carbons (Fsp3) is 0.471. The Morgan fingerprint density at radius 3 is 1.81 bits per heavy atom. The maximum absolute atomic E-state index is 12.4. The molecule has 1 saturated heterocycles. The fourth-order valence-electron chi connectivity index (χ4n) is 3.25. The van der Waals surface area contributed by atoms with Gasteiger partial charge < -0.3 is 24.2 Å². The predicted octanol–water partition coefficient (Wildman–Crippen LogP) is 0.561. The van der Waals surface area contributed by atoms with Gasteiger partial charge in [0, 0.05) is 0 Å². The van der Waals surface area contributed by atoms with E-state index in [-0.39, 0.29) is 0 Å². The number of rotatable bonds is 5. The number of ether oxygens (including phenoxy) is 4. The molecule has 0 spiro atoms. The van der Waals surface area contributed by atoms with Gasteiger partial charge in [-0.25, -0.2) is 0 Å². The Morgan fingerprint density at radius 1 is 0.846 bits per heavy atom. The van der Waals surface area contributed by atoms with Crippen LogP contribution in [0.15, 0.2) is 24.3 Å². The molecule has 1 aromatic rings. The lowest BCUT2D eigenvalue weighted by Crippen LogP contribution is -2.43. The number of carbonyl (C=O) groups excluding carboxylic acids is 3. The highest BCUT2D eigenvalue weighted by atomic mass is 16.6. The zero-order chi connectivity index (χ0) is 19.4. The summed E-state index contributed by atoms with van der Waals surface area (Å²) >= 11 is 0. The van der Waals surface area contributed by atoms with Gasteiger partial charge in [-0.05, 0) is 17.7 Å². The number of hydrogen-bond acceptors (Lipinski definition) is 9. The summed E-state index contributed by atoms with van der Waals surface area (Å²) in [4.78, 5) is 36.9. The van der Waals surface area contributed by atoms with Gasteiger partial charge in [0.25, 0.3) is 0 Å². The van der Waals surface area contributed by atoms with Crippen molar-refractivity contribution in [3.63, 3.8) is 0 Å². The van der Waals surface area contributed by atoms with Gasteiger partial charge in [0.15, 0.2) is 0 Å². The first kappa shape index (κ1) is 19.7. The van der Waals surface area contributed by atoms with E-state index in [4.69, 9.17) is 18.9 Å². The van der Waals surface area contributed by atoms with E-state index >= 15 is 0 Å². The molecule has 26 heavy (non-hydrogen) atoms. The normalized spacial score (nSPS) is 25.4. The lowest BCUT2D eigenvalue weighted by Gasteiger charge is -2.24. The molecule has 1 aliphatic heterocycles. The molecule has 9 nitrogen and oxygen atoms in total. The van der Waals surface area contributed by atoms with Crippen LogP contribution in [0.5, 0.6) is 5.75 Å². The average molecular weight is 367 g/mol. The van der Waals surface area contributed by atoms with Crippen LogP contribution < -0.4 is 4.74 Å². The highest BCUT2D eigenvalue weighted by Gasteiger charge is 2.60. The SMILES string of the molecule is COC(=O)[C@@H]1[C@@H](C(=O)OC)[C@H](c2ccc(OC)cc2)N(O)[C@H]1C(=O)OC. The molecule has 2 rings (SSSR count). The van der Waals surface area contributed by atoms with Crippen LogP contribution in [0.4, 0.5) is 0 Å². The van der Waals surface area contributed by atoms with Crippen molar-refractivity contribution >= 4 is 17.9 Å². The smallest absolute Gasteiger partial charge is 0.326 e. The molecule has 1 fully saturated rings. The van der Waals surface area contributed by atoms with E-state index in [2.05, 4.69) is 0 Å². The molecule has 0 aliphatic carbocycles. The number of esters is 3. The summed E-state index contributed by atoms with van der Waals surface area (Å²) in [6.07, 6.45) is 0. The Balaban J connectivity index is 2.57. The van der Waals surface area contributed by atoms with Crippen LogP contribution in [-0.4, -0.2) is 62.7 Å². The Labute approximate surface area is 150 Å². The van der Waals surface area contributed by atoms with Crippen molar-refractivity contribution < 1.29 is 38.5 Å². The summed E-state index contributed by atoms with van der Waals surface area (Å²) in [5.74, 6) is -4.35. The molecule has 0 amide bonds. The zero-order valence-electron chi connectivity index (χ0n) is 14.9. The minimum Gasteiger partial charge on any atom is -0.497 e.